The Labute approximate surface area is 198 Å². The second-order valence-corrected chi connectivity index (χ2v) is 9.14. The molecule has 5 heterocycles. The number of aromatic amines is 1. The fraction of sp³-hybridized carbons (Fsp3) is 0.200. The van der Waals surface area contributed by atoms with E-state index in [2.05, 4.69) is 21.8 Å². The van der Waals surface area contributed by atoms with Gasteiger partial charge >= 0.3 is 5.97 Å². The van der Waals surface area contributed by atoms with Crippen LogP contribution in [0.1, 0.15) is 17.3 Å². The second-order valence-electron chi connectivity index (χ2n) is 8.26. The number of H-pyrrole nitrogens is 1. The summed E-state index contributed by atoms with van der Waals surface area (Å²) in [5.41, 5.74) is 4.08. The van der Waals surface area contributed by atoms with Crippen molar-refractivity contribution in [1.29, 1.82) is 0 Å². The maximum Gasteiger partial charge on any atom is 0.336 e. The summed E-state index contributed by atoms with van der Waals surface area (Å²) >= 11 is 1.54. The van der Waals surface area contributed by atoms with E-state index in [9.17, 15) is 9.90 Å². The van der Waals surface area contributed by atoms with Gasteiger partial charge in [0.1, 0.15) is 5.65 Å². The number of anilines is 1. The third-order valence-corrected chi connectivity index (χ3v) is 7.15. The van der Waals surface area contributed by atoms with E-state index >= 15 is 0 Å². The maximum absolute atomic E-state index is 12.0. The smallest absolute Gasteiger partial charge is 0.336 e. The number of aromatic nitrogens is 4. The molecular weight excluding hydrogens is 450 g/mol. The van der Waals surface area contributed by atoms with Gasteiger partial charge in [-0.1, -0.05) is 18.2 Å². The van der Waals surface area contributed by atoms with Gasteiger partial charge in [0.15, 0.2) is 11.6 Å². The number of rotatable bonds is 4. The molecule has 34 heavy (non-hydrogen) atoms. The third-order valence-electron chi connectivity index (χ3n) is 6.19. The molecule has 1 aromatic carbocycles. The summed E-state index contributed by atoms with van der Waals surface area (Å²) in [5.74, 6) is 0.468. The van der Waals surface area contributed by atoms with Crippen LogP contribution in [0.3, 0.4) is 0 Å². The summed E-state index contributed by atoms with van der Waals surface area (Å²) in [6.07, 6.45) is 3.59. The molecule has 0 aliphatic carbocycles. The number of aromatic carboxylic acids is 1. The van der Waals surface area contributed by atoms with Gasteiger partial charge in [-0.15, -0.1) is 11.3 Å². The van der Waals surface area contributed by atoms with E-state index in [1.54, 1.807) is 29.7 Å². The lowest BCUT2D eigenvalue weighted by atomic mass is 10.0. The van der Waals surface area contributed by atoms with Gasteiger partial charge in [0, 0.05) is 40.8 Å². The Kier molecular flexibility index (Phi) is 5.00. The first-order chi connectivity index (χ1) is 16.6. The predicted molar refractivity (Wildman–Crippen MR) is 133 cm³/mol. The predicted octanol–water partition coefficient (Wildman–Crippen LogP) is 4.82. The molecule has 5 aromatic rings. The van der Waals surface area contributed by atoms with Crippen molar-refractivity contribution in [2.75, 3.05) is 24.7 Å². The number of nitrogens with one attached hydrogen (secondary N) is 1. The number of pyridine rings is 1. The number of carbonyl (C=O) groups is 1. The molecule has 170 valence electrons. The minimum absolute atomic E-state index is 0.154. The number of benzene rings is 1. The summed E-state index contributed by atoms with van der Waals surface area (Å²) in [4.78, 5) is 31.8. The Morgan fingerprint density at radius 3 is 2.91 bits per heavy atom. The highest BCUT2D eigenvalue weighted by molar-refractivity contribution is 7.18. The number of carboxylic acid groups (broad SMARTS) is 1. The van der Waals surface area contributed by atoms with E-state index in [0.29, 0.717) is 24.6 Å². The molecule has 0 bridgehead atoms. The molecule has 1 saturated heterocycles. The normalized spacial score (nSPS) is 16.4. The van der Waals surface area contributed by atoms with Crippen LogP contribution in [0.25, 0.3) is 43.8 Å². The van der Waals surface area contributed by atoms with Gasteiger partial charge in [-0.3, -0.25) is 0 Å². The molecule has 1 fully saturated rings. The minimum atomic E-state index is -0.964. The molecule has 1 aliphatic rings. The number of nitrogens with zero attached hydrogens (tertiary/aromatic N) is 4. The van der Waals surface area contributed by atoms with Gasteiger partial charge < -0.3 is 19.7 Å². The van der Waals surface area contributed by atoms with Crippen molar-refractivity contribution in [2.24, 2.45) is 0 Å². The zero-order valence-electron chi connectivity index (χ0n) is 18.4. The Balaban J connectivity index is 1.64. The maximum atomic E-state index is 12.0. The van der Waals surface area contributed by atoms with Crippen LogP contribution in [0.15, 0.2) is 54.2 Å². The first-order valence-corrected chi connectivity index (χ1v) is 11.9. The highest BCUT2D eigenvalue weighted by Crippen LogP contribution is 2.41. The Bertz CT molecular complexity index is 1540. The van der Waals surface area contributed by atoms with E-state index in [0.717, 1.165) is 44.7 Å². The van der Waals surface area contributed by atoms with E-state index in [4.69, 9.17) is 14.7 Å². The highest BCUT2D eigenvalue weighted by Gasteiger charge is 2.26. The lowest BCUT2D eigenvalue weighted by Crippen LogP contribution is -2.44. The van der Waals surface area contributed by atoms with Gasteiger partial charge in [0.05, 0.1) is 35.0 Å². The topological polar surface area (TPSA) is 104 Å². The van der Waals surface area contributed by atoms with E-state index in [-0.39, 0.29) is 11.6 Å². The molecule has 2 N–H and O–H groups in total. The van der Waals surface area contributed by atoms with Crippen LogP contribution in [0.2, 0.25) is 0 Å². The zero-order chi connectivity index (χ0) is 23.2. The number of hydrogen-bond acceptors (Lipinski definition) is 7. The standard InChI is InChI=1S/C25H21N5O3S/c1-14-12-33-11-10-30(14)24-21-20(19(13-34-21)15-4-2-3-5-18(15)25(31)32)28-23(29-24)17-7-9-27-22-16(17)6-8-26-22/h2-9,13-14H,10-12H2,1H3,(H,26,27)(H,31,32)/t14-/m1/s1. The number of morpholine rings is 1. The van der Waals surface area contributed by atoms with Crippen LogP contribution in [-0.4, -0.2) is 56.8 Å². The quantitative estimate of drug-likeness (QED) is 0.387. The first-order valence-electron chi connectivity index (χ1n) is 11.0. The number of fused-ring (bicyclic) bond motifs is 2. The van der Waals surface area contributed by atoms with E-state index in [1.165, 1.54) is 0 Å². The molecule has 0 radical (unpaired) electrons. The van der Waals surface area contributed by atoms with E-state index in [1.807, 2.05) is 35.8 Å². The average molecular weight is 472 g/mol. The van der Waals surface area contributed by atoms with Crippen molar-refractivity contribution in [3.8, 4) is 22.5 Å². The molecule has 8 nitrogen and oxygen atoms in total. The number of ether oxygens (including phenoxy) is 1. The lowest BCUT2D eigenvalue weighted by Gasteiger charge is -2.34. The van der Waals surface area contributed by atoms with Crippen LogP contribution < -0.4 is 4.90 Å². The van der Waals surface area contributed by atoms with Gasteiger partial charge in [-0.2, -0.15) is 0 Å². The molecule has 0 spiro atoms. The minimum Gasteiger partial charge on any atom is -0.478 e. The molecule has 9 heteroatoms. The van der Waals surface area contributed by atoms with Crippen LogP contribution in [0, 0.1) is 0 Å². The van der Waals surface area contributed by atoms with Gasteiger partial charge in [-0.25, -0.2) is 19.7 Å². The molecule has 1 atom stereocenters. The van der Waals surface area contributed by atoms with Gasteiger partial charge in [0.2, 0.25) is 0 Å². The molecule has 0 saturated carbocycles. The Morgan fingerprint density at radius 2 is 2.06 bits per heavy atom. The van der Waals surface area contributed by atoms with Crippen LogP contribution in [-0.2, 0) is 4.74 Å². The molecule has 0 unspecified atom stereocenters. The van der Waals surface area contributed by atoms with Crippen molar-refractivity contribution < 1.29 is 14.6 Å². The van der Waals surface area contributed by atoms with E-state index < -0.39 is 5.97 Å². The van der Waals surface area contributed by atoms with Gasteiger partial charge in [0.25, 0.3) is 0 Å². The van der Waals surface area contributed by atoms with Crippen molar-refractivity contribution in [3.63, 3.8) is 0 Å². The van der Waals surface area contributed by atoms with Crippen molar-refractivity contribution >= 4 is 44.4 Å². The first kappa shape index (κ1) is 20.8. The number of carboxylic acids is 1. The Morgan fingerprint density at radius 1 is 1.18 bits per heavy atom. The summed E-state index contributed by atoms with van der Waals surface area (Å²) in [6.45, 7) is 4.10. The largest absolute Gasteiger partial charge is 0.478 e. The summed E-state index contributed by atoms with van der Waals surface area (Å²) < 4.78 is 6.60. The molecular formula is C25H21N5O3S. The number of thiophene rings is 1. The van der Waals surface area contributed by atoms with Crippen molar-refractivity contribution in [1.82, 2.24) is 19.9 Å². The second kappa shape index (κ2) is 8.19. The third kappa shape index (κ3) is 3.32. The zero-order valence-corrected chi connectivity index (χ0v) is 19.2. The Hall–Kier alpha value is -3.82. The summed E-state index contributed by atoms with van der Waals surface area (Å²) in [7, 11) is 0. The lowest BCUT2D eigenvalue weighted by molar-refractivity contribution is 0.0697. The SMILES string of the molecule is C[C@@H]1COCCN1c1nc(-c2ccnc3[nH]ccc23)nc2c(-c3ccccc3C(=O)O)csc12. The van der Waals surface area contributed by atoms with Crippen molar-refractivity contribution in [2.45, 2.75) is 13.0 Å². The van der Waals surface area contributed by atoms with Crippen LogP contribution in [0.5, 0.6) is 0 Å². The molecule has 1 aliphatic heterocycles. The highest BCUT2D eigenvalue weighted by atomic mass is 32.1. The van der Waals surface area contributed by atoms with Crippen LogP contribution in [0.4, 0.5) is 5.82 Å². The fourth-order valence-corrected chi connectivity index (χ4v) is 5.52. The van der Waals surface area contributed by atoms with Crippen LogP contribution >= 0.6 is 11.3 Å². The monoisotopic (exact) mass is 471 g/mol. The molecule has 0 amide bonds. The number of hydrogen-bond donors (Lipinski definition) is 2. The van der Waals surface area contributed by atoms with Crippen molar-refractivity contribution in [3.05, 3.63) is 59.7 Å². The average Bonchev–Trinajstić information content (AvgIpc) is 3.51. The summed E-state index contributed by atoms with van der Waals surface area (Å²) in [5, 5.41) is 12.7. The molecule has 6 rings (SSSR count). The van der Waals surface area contributed by atoms with Gasteiger partial charge in [-0.05, 0) is 30.7 Å². The summed E-state index contributed by atoms with van der Waals surface area (Å²) in [6, 6.07) is 11.1. The molecule has 4 aromatic heterocycles. The fourth-order valence-electron chi connectivity index (χ4n) is 4.51.